The fourth-order valence-electron chi connectivity index (χ4n) is 2.52. The second-order valence-corrected chi connectivity index (χ2v) is 3.90. The monoisotopic (exact) mass is 152 g/mol. The average Bonchev–Trinajstić information content (AvgIpc) is 2.62. The molecular formula is C9H16N2. The van der Waals surface area contributed by atoms with E-state index >= 15 is 0 Å². The summed E-state index contributed by atoms with van der Waals surface area (Å²) in [6.07, 6.45) is 7.44. The van der Waals surface area contributed by atoms with Crippen LogP contribution in [0.25, 0.3) is 0 Å². The maximum Gasteiger partial charge on any atom is 0.0216 e. The van der Waals surface area contributed by atoms with E-state index in [4.69, 9.17) is 5.84 Å². The van der Waals surface area contributed by atoms with E-state index in [2.05, 4.69) is 24.5 Å². The van der Waals surface area contributed by atoms with Crippen molar-refractivity contribution in [3.8, 4) is 0 Å². The summed E-state index contributed by atoms with van der Waals surface area (Å²) in [7, 11) is 0. The van der Waals surface area contributed by atoms with Crippen LogP contribution < -0.4 is 11.3 Å². The highest BCUT2D eigenvalue weighted by Crippen LogP contribution is 2.44. The van der Waals surface area contributed by atoms with Gasteiger partial charge in [-0.05, 0) is 37.5 Å². The molecule has 0 radical (unpaired) electrons. The molecule has 2 heteroatoms. The van der Waals surface area contributed by atoms with Crippen LogP contribution in [-0.2, 0) is 0 Å². The molecule has 2 aliphatic rings. The molecule has 0 saturated heterocycles. The number of hydrogen-bond acceptors (Lipinski definition) is 2. The molecule has 0 aromatic carbocycles. The lowest BCUT2D eigenvalue weighted by atomic mass is 9.88. The summed E-state index contributed by atoms with van der Waals surface area (Å²) in [4.78, 5) is 0. The van der Waals surface area contributed by atoms with E-state index in [0.29, 0.717) is 6.04 Å². The molecule has 11 heavy (non-hydrogen) atoms. The van der Waals surface area contributed by atoms with Crippen LogP contribution in [0.1, 0.15) is 19.8 Å². The third kappa shape index (κ3) is 1.10. The Morgan fingerprint density at radius 2 is 2.27 bits per heavy atom. The molecule has 4 unspecified atom stereocenters. The number of allylic oxidation sites excluding steroid dienone is 2. The smallest absolute Gasteiger partial charge is 0.0216 e. The van der Waals surface area contributed by atoms with E-state index in [1.165, 1.54) is 12.8 Å². The first-order valence-electron chi connectivity index (χ1n) is 4.45. The predicted octanol–water partition coefficient (Wildman–Crippen LogP) is 1.05. The van der Waals surface area contributed by atoms with Crippen LogP contribution in [0.5, 0.6) is 0 Å². The van der Waals surface area contributed by atoms with Gasteiger partial charge in [0, 0.05) is 6.04 Å². The van der Waals surface area contributed by atoms with Crippen molar-refractivity contribution >= 4 is 0 Å². The Hall–Kier alpha value is -0.340. The summed E-state index contributed by atoms with van der Waals surface area (Å²) >= 11 is 0. The minimum absolute atomic E-state index is 0.481. The maximum atomic E-state index is 5.41. The molecule has 0 aromatic heterocycles. The minimum Gasteiger partial charge on any atom is -0.271 e. The minimum atomic E-state index is 0.481. The largest absolute Gasteiger partial charge is 0.271 e. The highest BCUT2D eigenvalue weighted by atomic mass is 15.2. The van der Waals surface area contributed by atoms with Gasteiger partial charge in [0.2, 0.25) is 0 Å². The summed E-state index contributed by atoms with van der Waals surface area (Å²) in [5.74, 6) is 7.87. The van der Waals surface area contributed by atoms with E-state index in [9.17, 15) is 0 Å². The molecule has 3 N–H and O–H groups in total. The summed E-state index contributed by atoms with van der Waals surface area (Å²) in [6, 6.07) is 0.481. The van der Waals surface area contributed by atoms with Crippen molar-refractivity contribution in [2.24, 2.45) is 23.6 Å². The molecule has 2 aliphatic carbocycles. The van der Waals surface area contributed by atoms with Gasteiger partial charge in [0.05, 0.1) is 0 Å². The topological polar surface area (TPSA) is 38.0 Å². The Balaban J connectivity index is 2.02. The zero-order chi connectivity index (χ0) is 7.84. The Morgan fingerprint density at radius 1 is 1.45 bits per heavy atom. The third-order valence-corrected chi connectivity index (χ3v) is 3.24. The van der Waals surface area contributed by atoms with Crippen molar-refractivity contribution in [3.05, 3.63) is 12.2 Å². The van der Waals surface area contributed by atoms with E-state index < -0.39 is 0 Å². The molecule has 1 saturated carbocycles. The molecule has 0 spiro atoms. The second kappa shape index (κ2) is 2.61. The number of hydrazine groups is 1. The Labute approximate surface area is 67.8 Å². The van der Waals surface area contributed by atoms with Crippen LogP contribution in [0.4, 0.5) is 0 Å². The number of fused-ring (bicyclic) bond motifs is 2. The molecule has 2 rings (SSSR count). The van der Waals surface area contributed by atoms with Crippen molar-refractivity contribution in [2.75, 3.05) is 0 Å². The van der Waals surface area contributed by atoms with Crippen molar-refractivity contribution in [1.82, 2.24) is 5.43 Å². The molecule has 0 heterocycles. The zero-order valence-corrected chi connectivity index (χ0v) is 6.96. The molecule has 0 aliphatic heterocycles. The van der Waals surface area contributed by atoms with Gasteiger partial charge in [0.25, 0.3) is 0 Å². The molecule has 62 valence electrons. The van der Waals surface area contributed by atoms with Gasteiger partial charge in [0.1, 0.15) is 0 Å². The molecule has 1 fully saturated rings. The lowest BCUT2D eigenvalue weighted by Crippen LogP contribution is -2.39. The second-order valence-electron chi connectivity index (χ2n) is 3.90. The van der Waals surface area contributed by atoms with Gasteiger partial charge < -0.3 is 0 Å². The fraction of sp³-hybridized carbons (Fsp3) is 0.778. The van der Waals surface area contributed by atoms with Crippen molar-refractivity contribution < 1.29 is 0 Å². The van der Waals surface area contributed by atoms with Crippen molar-refractivity contribution in [1.29, 1.82) is 0 Å². The summed E-state index contributed by atoms with van der Waals surface area (Å²) < 4.78 is 0. The van der Waals surface area contributed by atoms with Gasteiger partial charge >= 0.3 is 0 Å². The van der Waals surface area contributed by atoms with Crippen molar-refractivity contribution in [2.45, 2.75) is 25.8 Å². The first kappa shape index (κ1) is 7.32. The van der Waals surface area contributed by atoms with Crippen LogP contribution in [0.15, 0.2) is 12.2 Å². The summed E-state index contributed by atoms with van der Waals surface area (Å²) in [5, 5.41) is 0. The van der Waals surface area contributed by atoms with E-state index in [1.54, 1.807) is 0 Å². The number of nitrogens with one attached hydrogen (secondary N) is 1. The van der Waals surface area contributed by atoms with Gasteiger partial charge in [0.15, 0.2) is 0 Å². The van der Waals surface area contributed by atoms with Crippen LogP contribution in [-0.4, -0.2) is 6.04 Å². The van der Waals surface area contributed by atoms with Crippen LogP contribution >= 0.6 is 0 Å². The summed E-state index contributed by atoms with van der Waals surface area (Å²) in [5.41, 5.74) is 2.86. The third-order valence-electron chi connectivity index (χ3n) is 3.24. The molecule has 2 nitrogen and oxygen atoms in total. The predicted molar refractivity (Wildman–Crippen MR) is 45.6 cm³/mol. The highest BCUT2D eigenvalue weighted by Gasteiger charge is 2.37. The lowest BCUT2D eigenvalue weighted by molar-refractivity contribution is 0.331. The molecule has 0 aromatic rings. The molecule has 0 amide bonds. The van der Waals surface area contributed by atoms with Crippen molar-refractivity contribution in [3.63, 3.8) is 0 Å². The fourth-order valence-corrected chi connectivity index (χ4v) is 2.52. The summed E-state index contributed by atoms with van der Waals surface area (Å²) in [6.45, 7) is 2.18. The Morgan fingerprint density at radius 3 is 2.73 bits per heavy atom. The number of rotatable bonds is 2. The Bertz CT molecular complexity index is 176. The van der Waals surface area contributed by atoms with Gasteiger partial charge in [-0.2, -0.15) is 0 Å². The SMILES string of the molecule is CC(NN)C1CC2C=CC1C2. The first-order chi connectivity index (χ1) is 5.31. The average molecular weight is 152 g/mol. The maximum absolute atomic E-state index is 5.41. The number of hydrogen-bond donors (Lipinski definition) is 2. The van der Waals surface area contributed by atoms with Gasteiger partial charge in [-0.1, -0.05) is 12.2 Å². The molecule has 2 bridgehead atoms. The first-order valence-corrected chi connectivity index (χ1v) is 4.45. The van der Waals surface area contributed by atoms with Crippen LogP contribution in [0.3, 0.4) is 0 Å². The molecule has 4 atom stereocenters. The Kier molecular flexibility index (Phi) is 1.74. The van der Waals surface area contributed by atoms with Gasteiger partial charge in [-0.3, -0.25) is 11.3 Å². The van der Waals surface area contributed by atoms with Gasteiger partial charge in [-0.15, -0.1) is 0 Å². The zero-order valence-electron chi connectivity index (χ0n) is 6.96. The lowest BCUT2D eigenvalue weighted by Gasteiger charge is -2.24. The van der Waals surface area contributed by atoms with Crippen LogP contribution in [0.2, 0.25) is 0 Å². The molecular weight excluding hydrogens is 136 g/mol. The van der Waals surface area contributed by atoms with E-state index in [0.717, 1.165) is 17.8 Å². The van der Waals surface area contributed by atoms with E-state index in [-0.39, 0.29) is 0 Å². The standard InChI is InChI=1S/C9H16N2/c1-6(11-10)9-5-7-2-3-8(9)4-7/h2-3,6-9,11H,4-5,10H2,1H3. The van der Waals surface area contributed by atoms with E-state index in [1.807, 2.05) is 0 Å². The van der Waals surface area contributed by atoms with Crippen LogP contribution in [0, 0.1) is 17.8 Å². The highest BCUT2D eigenvalue weighted by molar-refractivity contribution is 5.11. The number of nitrogens with two attached hydrogens (primary N) is 1. The normalized spacial score (nSPS) is 43.3. The van der Waals surface area contributed by atoms with Gasteiger partial charge in [-0.25, -0.2) is 0 Å². The quantitative estimate of drug-likeness (QED) is 0.352.